The van der Waals surface area contributed by atoms with Crippen LogP contribution in [0.5, 0.6) is 0 Å². The molecule has 1 rings (SSSR count). The van der Waals surface area contributed by atoms with Crippen LogP contribution in [-0.4, -0.2) is 27.7 Å². The molecule has 1 aromatic heterocycles. The number of aliphatic hydroxyl groups excluding tert-OH is 1. The Morgan fingerprint density at radius 3 is 2.93 bits per heavy atom. The average Bonchev–Trinajstić information content (AvgIpc) is 2.24. The molecule has 80 valence electrons. The molecule has 0 aliphatic heterocycles. The predicted molar refractivity (Wildman–Crippen MR) is 56.2 cm³/mol. The summed E-state index contributed by atoms with van der Waals surface area (Å²) in [6, 6.07) is 1.96. The second kappa shape index (κ2) is 5.94. The molecular formula is C10H14N4O. The topological polar surface area (TPSA) is 81.8 Å². The molecule has 1 unspecified atom stereocenters. The van der Waals surface area contributed by atoms with Gasteiger partial charge in [0, 0.05) is 18.9 Å². The van der Waals surface area contributed by atoms with Gasteiger partial charge in [0.1, 0.15) is 6.07 Å². The van der Waals surface area contributed by atoms with Crippen molar-refractivity contribution in [3.8, 4) is 6.07 Å². The second-order valence-electron chi connectivity index (χ2n) is 3.28. The Hall–Kier alpha value is -1.67. The van der Waals surface area contributed by atoms with Crippen molar-refractivity contribution in [3.63, 3.8) is 0 Å². The minimum Gasteiger partial charge on any atom is -0.393 e. The standard InChI is InChI=1S/C10H14N4O/c1-8(15)3-2-4-13-10-9(7-11)12-5-6-14-10/h5-6,8,15H,2-4H2,1H3,(H,13,14). The SMILES string of the molecule is CC(O)CCCNc1nccnc1C#N. The molecule has 1 atom stereocenters. The third-order valence-electron chi connectivity index (χ3n) is 1.90. The van der Waals surface area contributed by atoms with Gasteiger partial charge in [0.2, 0.25) is 0 Å². The predicted octanol–water partition coefficient (Wildman–Crippen LogP) is 0.921. The minimum atomic E-state index is -0.288. The van der Waals surface area contributed by atoms with E-state index in [1.165, 1.54) is 12.4 Å². The maximum absolute atomic E-state index is 9.04. The molecule has 0 aliphatic rings. The Labute approximate surface area is 88.8 Å². The van der Waals surface area contributed by atoms with Gasteiger partial charge in [-0.15, -0.1) is 0 Å². The van der Waals surface area contributed by atoms with Gasteiger partial charge in [-0.3, -0.25) is 0 Å². The van der Waals surface area contributed by atoms with Gasteiger partial charge in [-0.2, -0.15) is 5.26 Å². The van der Waals surface area contributed by atoms with Gasteiger partial charge in [-0.05, 0) is 19.8 Å². The molecular weight excluding hydrogens is 192 g/mol. The molecule has 5 heteroatoms. The van der Waals surface area contributed by atoms with Crippen LogP contribution in [-0.2, 0) is 0 Å². The van der Waals surface area contributed by atoms with E-state index in [1.54, 1.807) is 6.92 Å². The van der Waals surface area contributed by atoms with Crippen LogP contribution >= 0.6 is 0 Å². The highest BCUT2D eigenvalue weighted by molar-refractivity contribution is 5.46. The van der Waals surface area contributed by atoms with E-state index in [0.29, 0.717) is 18.1 Å². The molecule has 2 N–H and O–H groups in total. The zero-order valence-corrected chi connectivity index (χ0v) is 8.64. The van der Waals surface area contributed by atoms with Crippen LogP contribution in [0.3, 0.4) is 0 Å². The molecule has 0 bridgehead atoms. The Balaban J connectivity index is 2.41. The molecule has 5 nitrogen and oxygen atoms in total. The molecule has 0 saturated heterocycles. The zero-order valence-electron chi connectivity index (χ0n) is 8.64. The van der Waals surface area contributed by atoms with Gasteiger partial charge in [-0.25, -0.2) is 9.97 Å². The zero-order chi connectivity index (χ0) is 11.1. The third kappa shape index (κ3) is 3.92. The first-order chi connectivity index (χ1) is 7.24. The van der Waals surface area contributed by atoms with Gasteiger partial charge in [0.05, 0.1) is 6.10 Å². The van der Waals surface area contributed by atoms with Crippen molar-refractivity contribution in [1.29, 1.82) is 5.26 Å². The van der Waals surface area contributed by atoms with Crippen LogP contribution < -0.4 is 5.32 Å². The molecule has 0 aliphatic carbocycles. The second-order valence-corrected chi connectivity index (χ2v) is 3.28. The summed E-state index contributed by atoms with van der Waals surface area (Å²) in [5, 5.41) is 20.8. The largest absolute Gasteiger partial charge is 0.393 e. The highest BCUT2D eigenvalue weighted by Crippen LogP contribution is 2.06. The van der Waals surface area contributed by atoms with E-state index < -0.39 is 0 Å². The lowest BCUT2D eigenvalue weighted by Crippen LogP contribution is -2.09. The van der Waals surface area contributed by atoms with Crippen molar-refractivity contribution >= 4 is 5.82 Å². The summed E-state index contributed by atoms with van der Waals surface area (Å²) in [6.07, 6.45) is 4.30. The molecule has 1 aromatic rings. The number of aromatic nitrogens is 2. The summed E-state index contributed by atoms with van der Waals surface area (Å²) >= 11 is 0. The molecule has 0 radical (unpaired) electrons. The van der Waals surface area contributed by atoms with E-state index in [-0.39, 0.29) is 6.10 Å². The van der Waals surface area contributed by atoms with E-state index in [9.17, 15) is 0 Å². The van der Waals surface area contributed by atoms with Crippen LogP contribution in [0.15, 0.2) is 12.4 Å². The van der Waals surface area contributed by atoms with Crippen LogP contribution in [0.4, 0.5) is 5.82 Å². The van der Waals surface area contributed by atoms with E-state index in [2.05, 4.69) is 15.3 Å². The quantitative estimate of drug-likeness (QED) is 0.700. The van der Waals surface area contributed by atoms with Crippen molar-refractivity contribution < 1.29 is 5.11 Å². The van der Waals surface area contributed by atoms with E-state index in [4.69, 9.17) is 10.4 Å². The summed E-state index contributed by atoms with van der Waals surface area (Å²) in [4.78, 5) is 7.88. The first kappa shape index (κ1) is 11.4. The number of hydrogen-bond acceptors (Lipinski definition) is 5. The number of aliphatic hydroxyl groups is 1. The summed E-state index contributed by atoms with van der Waals surface area (Å²) in [6.45, 7) is 2.43. The molecule has 0 fully saturated rings. The first-order valence-electron chi connectivity index (χ1n) is 4.87. The van der Waals surface area contributed by atoms with Crippen LogP contribution in [0.25, 0.3) is 0 Å². The normalized spacial score (nSPS) is 11.8. The molecule has 0 saturated carbocycles. The lowest BCUT2D eigenvalue weighted by Gasteiger charge is -2.06. The number of nitrogens with zero attached hydrogens (tertiary/aromatic N) is 3. The average molecular weight is 206 g/mol. The van der Waals surface area contributed by atoms with Crippen molar-refractivity contribution in [3.05, 3.63) is 18.1 Å². The Bertz CT molecular complexity index is 346. The number of nitrogens with one attached hydrogen (secondary N) is 1. The minimum absolute atomic E-state index is 0.288. The van der Waals surface area contributed by atoms with Crippen LogP contribution in [0.2, 0.25) is 0 Å². The van der Waals surface area contributed by atoms with Gasteiger partial charge >= 0.3 is 0 Å². The van der Waals surface area contributed by atoms with Crippen molar-refractivity contribution in [1.82, 2.24) is 9.97 Å². The Morgan fingerprint density at radius 2 is 2.27 bits per heavy atom. The summed E-state index contributed by atoms with van der Waals surface area (Å²) in [5.74, 6) is 0.505. The third-order valence-corrected chi connectivity index (χ3v) is 1.90. The highest BCUT2D eigenvalue weighted by atomic mass is 16.3. The van der Waals surface area contributed by atoms with Crippen molar-refractivity contribution in [2.24, 2.45) is 0 Å². The van der Waals surface area contributed by atoms with Gasteiger partial charge in [-0.1, -0.05) is 0 Å². The molecule has 0 aromatic carbocycles. The van der Waals surface area contributed by atoms with Gasteiger partial charge in [0.15, 0.2) is 11.5 Å². The number of nitriles is 1. The smallest absolute Gasteiger partial charge is 0.182 e. The molecule has 0 spiro atoms. The summed E-state index contributed by atoms with van der Waals surface area (Å²) < 4.78 is 0. The van der Waals surface area contributed by atoms with Gasteiger partial charge in [0.25, 0.3) is 0 Å². The lowest BCUT2D eigenvalue weighted by atomic mass is 10.2. The number of hydrogen-bond donors (Lipinski definition) is 2. The Morgan fingerprint density at radius 1 is 1.53 bits per heavy atom. The number of anilines is 1. The van der Waals surface area contributed by atoms with E-state index in [1.807, 2.05) is 6.07 Å². The lowest BCUT2D eigenvalue weighted by molar-refractivity contribution is 0.183. The number of rotatable bonds is 5. The maximum Gasteiger partial charge on any atom is 0.182 e. The van der Waals surface area contributed by atoms with Crippen molar-refractivity contribution in [2.75, 3.05) is 11.9 Å². The van der Waals surface area contributed by atoms with Gasteiger partial charge < -0.3 is 10.4 Å². The summed E-state index contributed by atoms with van der Waals surface area (Å²) in [5.41, 5.74) is 0.301. The van der Waals surface area contributed by atoms with Crippen molar-refractivity contribution in [2.45, 2.75) is 25.9 Å². The van der Waals surface area contributed by atoms with Crippen LogP contribution in [0.1, 0.15) is 25.5 Å². The monoisotopic (exact) mass is 206 g/mol. The summed E-state index contributed by atoms with van der Waals surface area (Å²) in [7, 11) is 0. The highest BCUT2D eigenvalue weighted by Gasteiger charge is 2.02. The molecule has 1 heterocycles. The van der Waals surface area contributed by atoms with Crippen LogP contribution in [0, 0.1) is 11.3 Å². The fourth-order valence-corrected chi connectivity index (χ4v) is 1.15. The Kier molecular flexibility index (Phi) is 4.51. The van der Waals surface area contributed by atoms with E-state index >= 15 is 0 Å². The fraction of sp³-hybridized carbons (Fsp3) is 0.500. The van der Waals surface area contributed by atoms with E-state index in [0.717, 1.165) is 12.8 Å². The first-order valence-corrected chi connectivity index (χ1v) is 4.87. The fourth-order valence-electron chi connectivity index (χ4n) is 1.15. The maximum atomic E-state index is 9.04. The molecule has 0 amide bonds. The molecule has 15 heavy (non-hydrogen) atoms.